The Kier molecular flexibility index (Phi) is 4.85. The van der Waals surface area contributed by atoms with Gasteiger partial charge in [0, 0.05) is 6.04 Å². The van der Waals surface area contributed by atoms with E-state index >= 15 is 0 Å². The molecule has 0 aromatic rings. The van der Waals surface area contributed by atoms with Gasteiger partial charge in [-0.3, -0.25) is 9.69 Å². The van der Waals surface area contributed by atoms with Crippen LogP contribution in [0, 0.1) is 0 Å². The van der Waals surface area contributed by atoms with Gasteiger partial charge >= 0.3 is 5.97 Å². The normalized spacial score (nSPS) is 30.8. The van der Waals surface area contributed by atoms with Crippen LogP contribution in [0.4, 0.5) is 0 Å². The lowest BCUT2D eigenvalue weighted by atomic mass is 9.88. The lowest BCUT2D eigenvalue weighted by Gasteiger charge is -2.43. The van der Waals surface area contributed by atoms with Crippen LogP contribution in [0.5, 0.6) is 0 Å². The zero-order valence-corrected chi connectivity index (χ0v) is 12.4. The second kappa shape index (κ2) is 6.23. The summed E-state index contributed by atoms with van der Waals surface area (Å²) in [6, 6.07) is 0.480. The van der Waals surface area contributed by atoms with Gasteiger partial charge in [0.05, 0.1) is 0 Å². The van der Waals surface area contributed by atoms with E-state index in [2.05, 4.69) is 23.6 Å². The van der Waals surface area contributed by atoms with Crippen molar-refractivity contribution in [2.75, 3.05) is 26.2 Å². The minimum absolute atomic E-state index is 0.480. The minimum Gasteiger partial charge on any atom is -0.480 e. The Morgan fingerprint density at radius 1 is 1.26 bits per heavy atom. The smallest absolute Gasteiger partial charge is 0.324 e. The van der Waals surface area contributed by atoms with Crippen molar-refractivity contribution >= 4 is 5.97 Å². The third-order valence-electron chi connectivity index (χ3n) is 5.05. The standard InChI is InChI=1S/C15H28N2O2/c1-3-8-15(14(18)19)9-5-10-17(15)13-6-11-16(4-2)12-7-13/h13H,3-12H2,1-2H3,(H,18,19). The van der Waals surface area contributed by atoms with Crippen LogP contribution < -0.4 is 0 Å². The van der Waals surface area contributed by atoms with Crippen molar-refractivity contribution in [2.45, 2.75) is 64.0 Å². The highest BCUT2D eigenvalue weighted by Crippen LogP contribution is 2.37. The Morgan fingerprint density at radius 2 is 1.95 bits per heavy atom. The molecular formula is C15H28N2O2. The van der Waals surface area contributed by atoms with E-state index in [9.17, 15) is 9.90 Å². The summed E-state index contributed by atoms with van der Waals surface area (Å²) in [7, 11) is 0. The van der Waals surface area contributed by atoms with Crippen molar-refractivity contribution in [1.29, 1.82) is 0 Å². The van der Waals surface area contributed by atoms with E-state index < -0.39 is 11.5 Å². The van der Waals surface area contributed by atoms with Crippen molar-refractivity contribution in [3.8, 4) is 0 Å². The van der Waals surface area contributed by atoms with Gasteiger partial charge in [0.25, 0.3) is 0 Å². The fourth-order valence-electron chi connectivity index (χ4n) is 4.00. The van der Waals surface area contributed by atoms with Crippen molar-refractivity contribution in [3.63, 3.8) is 0 Å². The highest BCUT2D eigenvalue weighted by molar-refractivity contribution is 5.79. The van der Waals surface area contributed by atoms with Crippen molar-refractivity contribution in [1.82, 2.24) is 9.80 Å². The van der Waals surface area contributed by atoms with Crippen LogP contribution in [-0.2, 0) is 4.79 Å². The molecule has 2 aliphatic heterocycles. The summed E-state index contributed by atoms with van der Waals surface area (Å²) in [5, 5.41) is 9.74. The van der Waals surface area contributed by atoms with Gasteiger partial charge in [0.15, 0.2) is 0 Å². The number of aliphatic carboxylic acids is 1. The molecule has 1 N–H and O–H groups in total. The van der Waals surface area contributed by atoms with Crippen molar-refractivity contribution in [2.24, 2.45) is 0 Å². The van der Waals surface area contributed by atoms with E-state index in [1.54, 1.807) is 0 Å². The average molecular weight is 268 g/mol. The van der Waals surface area contributed by atoms with E-state index in [0.29, 0.717) is 6.04 Å². The number of hydrogen-bond donors (Lipinski definition) is 1. The minimum atomic E-state index is -0.593. The molecule has 0 radical (unpaired) electrons. The third kappa shape index (κ3) is 2.79. The third-order valence-corrected chi connectivity index (χ3v) is 5.05. The Balaban J connectivity index is 2.07. The van der Waals surface area contributed by atoms with E-state index in [4.69, 9.17) is 0 Å². The van der Waals surface area contributed by atoms with Gasteiger partial charge in [-0.25, -0.2) is 0 Å². The molecule has 2 saturated heterocycles. The van der Waals surface area contributed by atoms with Gasteiger partial charge in [0.2, 0.25) is 0 Å². The first kappa shape index (κ1) is 14.8. The van der Waals surface area contributed by atoms with Gasteiger partial charge in [0.1, 0.15) is 5.54 Å². The molecule has 1 unspecified atom stereocenters. The number of likely N-dealkylation sites (tertiary alicyclic amines) is 2. The molecule has 4 heteroatoms. The first-order valence-corrected chi connectivity index (χ1v) is 7.86. The molecule has 0 aliphatic carbocycles. The number of carboxylic acid groups (broad SMARTS) is 1. The Labute approximate surface area is 116 Å². The van der Waals surface area contributed by atoms with Gasteiger partial charge in [-0.15, -0.1) is 0 Å². The van der Waals surface area contributed by atoms with Gasteiger partial charge < -0.3 is 10.0 Å². The summed E-state index contributed by atoms with van der Waals surface area (Å²) in [6.07, 6.45) is 5.90. The first-order chi connectivity index (χ1) is 9.14. The second-order valence-corrected chi connectivity index (χ2v) is 6.05. The summed E-state index contributed by atoms with van der Waals surface area (Å²) in [5.41, 5.74) is -0.562. The van der Waals surface area contributed by atoms with Crippen LogP contribution in [-0.4, -0.2) is 58.6 Å². The highest BCUT2D eigenvalue weighted by Gasteiger charge is 2.49. The lowest BCUT2D eigenvalue weighted by molar-refractivity contribution is -0.152. The van der Waals surface area contributed by atoms with Gasteiger partial charge in [-0.1, -0.05) is 20.3 Å². The van der Waals surface area contributed by atoms with Gasteiger partial charge in [-0.2, -0.15) is 0 Å². The number of rotatable bonds is 5. The van der Waals surface area contributed by atoms with Crippen LogP contribution >= 0.6 is 0 Å². The zero-order chi connectivity index (χ0) is 13.9. The first-order valence-electron chi connectivity index (χ1n) is 7.86. The van der Waals surface area contributed by atoms with E-state index in [-0.39, 0.29) is 0 Å². The van der Waals surface area contributed by atoms with Gasteiger partial charge in [-0.05, 0) is 58.3 Å². The van der Waals surface area contributed by atoms with E-state index in [1.807, 2.05) is 0 Å². The lowest BCUT2D eigenvalue weighted by Crippen LogP contribution is -2.57. The highest BCUT2D eigenvalue weighted by atomic mass is 16.4. The molecular weight excluding hydrogens is 240 g/mol. The van der Waals surface area contributed by atoms with Crippen LogP contribution in [0.2, 0.25) is 0 Å². The summed E-state index contributed by atoms with van der Waals surface area (Å²) in [4.78, 5) is 16.6. The summed E-state index contributed by atoms with van der Waals surface area (Å²) in [5.74, 6) is -0.593. The number of carboxylic acids is 1. The number of nitrogens with zero attached hydrogens (tertiary/aromatic N) is 2. The quantitative estimate of drug-likeness (QED) is 0.830. The fraction of sp³-hybridized carbons (Fsp3) is 0.933. The molecule has 2 heterocycles. The SMILES string of the molecule is CCCC1(C(=O)O)CCCN1C1CCN(CC)CC1. The van der Waals surface area contributed by atoms with Crippen molar-refractivity contribution < 1.29 is 9.90 Å². The molecule has 0 spiro atoms. The number of piperidine rings is 1. The second-order valence-electron chi connectivity index (χ2n) is 6.05. The molecule has 0 saturated carbocycles. The maximum atomic E-state index is 11.8. The molecule has 0 aromatic heterocycles. The Bertz CT molecular complexity index is 313. The summed E-state index contributed by atoms with van der Waals surface area (Å²) >= 11 is 0. The largest absolute Gasteiger partial charge is 0.480 e. The summed E-state index contributed by atoms with van der Waals surface area (Å²) in [6.45, 7) is 8.64. The Hall–Kier alpha value is -0.610. The van der Waals surface area contributed by atoms with E-state index in [0.717, 1.165) is 64.7 Å². The van der Waals surface area contributed by atoms with Crippen molar-refractivity contribution in [3.05, 3.63) is 0 Å². The molecule has 2 rings (SSSR count). The molecule has 4 nitrogen and oxygen atoms in total. The maximum absolute atomic E-state index is 11.8. The van der Waals surface area contributed by atoms with E-state index in [1.165, 1.54) is 0 Å². The fourth-order valence-corrected chi connectivity index (χ4v) is 4.00. The molecule has 0 aromatic carbocycles. The molecule has 0 amide bonds. The number of carbonyl (C=O) groups is 1. The average Bonchev–Trinajstić information content (AvgIpc) is 2.84. The summed E-state index contributed by atoms with van der Waals surface area (Å²) < 4.78 is 0. The molecule has 110 valence electrons. The molecule has 2 fully saturated rings. The zero-order valence-electron chi connectivity index (χ0n) is 12.4. The van der Waals surface area contributed by atoms with Crippen LogP contribution in [0.3, 0.4) is 0 Å². The van der Waals surface area contributed by atoms with Crippen LogP contribution in [0.1, 0.15) is 52.4 Å². The maximum Gasteiger partial charge on any atom is 0.324 e. The molecule has 19 heavy (non-hydrogen) atoms. The van der Waals surface area contributed by atoms with Crippen LogP contribution in [0.15, 0.2) is 0 Å². The predicted molar refractivity (Wildman–Crippen MR) is 76.4 cm³/mol. The molecule has 1 atom stereocenters. The topological polar surface area (TPSA) is 43.8 Å². The molecule has 2 aliphatic rings. The number of hydrogen-bond acceptors (Lipinski definition) is 3. The monoisotopic (exact) mass is 268 g/mol. The predicted octanol–water partition coefficient (Wildman–Crippen LogP) is 2.19. The Morgan fingerprint density at radius 3 is 2.47 bits per heavy atom. The molecule has 0 bridgehead atoms. The van der Waals surface area contributed by atoms with Crippen LogP contribution in [0.25, 0.3) is 0 Å².